The van der Waals surface area contributed by atoms with Crippen molar-refractivity contribution in [2.24, 2.45) is 13.0 Å². The number of carboxylic acids is 1. The Morgan fingerprint density at radius 2 is 2.06 bits per heavy atom. The number of hydrogen-bond acceptors (Lipinski definition) is 3. The lowest BCUT2D eigenvalue weighted by Gasteiger charge is -2.17. The molecule has 0 unspecified atom stereocenters. The maximum Gasteiger partial charge on any atom is 0.326 e. The minimum atomic E-state index is -1.03. The molecule has 0 aliphatic rings. The molecular weight excluding hydrogens is 222 g/mol. The predicted octanol–water partition coefficient (Wildman–Crippen LogP) is 0.568. The highest BCUT2D eigenvalue weighted by molar-refractivity contribution is 5.95. The van der Waals surface area contributed by atoms with E-state index in [1.807, 2.05) is 0 Å². The molecule has 94 valence electrons. The number of rotatable bonds is 4. The summed E-state index contributed by atoms with van der Waals surface area (Å²) in [6, 6.07) is 0.729. The first-order valence-corrected chi connectivity index (χ1v) is 5.37. The van der Waals surface area contributed by atoms with E-state index >= 15 is 0 Å². The predicted molar refractivity (Wildman–Crippen MR) is 61.7 cm³/mol. The average Bonchev–Trinajstić information content (AvgIpc) is 2.53. The number of carboxylic acid groups (broad SMARTS) is 1. The molecule has 1 heterocycles. The van der Waals surface area contributed by atoms with Gasteiger partial charge in [0.2, 0.25) is 0 Å². The van der Waals surface area contributed by atoms with Crippen LogP contribution in [0.3, 0.4) is 0 Å². The van der Waals surface area contributed by atoms with Crippen LogP contribution in [0.15, 0.2) is 6.07 Å². The minimum Gasteiger partial charge on any atom is -0.480 e. The number of amides is 1. The van der Waals surface area contributed by atoms with E-state index in [9.17, 15) is 9.59 Å². The topological polar surface area (TPSA) is 84.2 Å². The summed E-state index contributed by atoms with van der Waals surface area (Å²) in [6.45, 7) is 5.26. The summed E-state index contributed by atoms with van der Waals surface area (Å²) in [4.78, 5) is 22.8. The second kappa shape index (κ2) is 4.99. The molecule has 2 N–H and O–H groups in total. The Balaban J connectivity index is 2.85. The van der Waals surface area contributed by atoms with E-state index < -0.39 is 17.9 Å². The molecule has 0 radical (unpaired) electrons. The summed E-state index contributed by atoms with van der Waals surface area (Å²) in [5.41, 5.74) is 1.07. The molecular formula is C11H17N3O3. The second-order valence-corrected chi connectivity index (χ2v) is 4.33. The Morgan fingerprint density at radius 3 is 2.41 bits per heavy atom. The quantitative estimate of drug-likeness (QED) is 0.804. The number of nitrogens with one attached hydrogen (secondary N) is 1. The van der Waals surface area contributed by atoms with Crippen molar-refractivity contribution in [3.05, 3.63) is 17.5 Å². The Morgan fingerprint density at radius 1 is 1.47 bits per heavy atom. The number of aliphatic carboxylic acids is 1. The first-order chi connectivity index (χ1) is 7.82. The highest BCUT2D eigenvalue weighted by atomic mass is 16.4. The van der Waals surface area contributed by atoms with Crippen molar-refractivity contribution in [3.63, 3.8) is 0 Å². The van der Waals surface area contributed by atoms with Crippen molar-refractivity contribution < 1.29 is 14.7 Å². The van der Waals surface area contributed by atoms with Gasteiger partial charge in [0, 0.05) is 7.05 Å². The summed E-state index contributed by atoms with van der Waals surface area (Å²) in [7, 11) is 1.65. The third-order valence-corrected chi connectivity index (χ3v) is 2.45. The van der Waals surface area contributed by atoms with Crippen LogP contribution in [-0.2, 0) is 11.8 Å². The van der Waals surface area contributed by atoms with E-state index in [1.54, 1.807) is 33.9 Å². The molecule has 0 bridgehead atoms. The number of hydrogen-bond donors (Lipinski definition) is 2. The number of carbonyl (C=O) groups excluding carboxylic acids is 1. The van der Waals surface area contributed by atoms with Gasteiger partial charge in [-0.25, -0.2) is 4.79 Å². The van der Waals surface area contributed by atoms with Gasteiger partial charge in [-0.2, -0.15) is 5.10 Å². The fraction of sp³-hybridized carbons (Fsp3) is 0.545. The van der Waals surface area contributed by atoms with Crippen molar-refractivity contribution in [1.82, 2.24) is 15.1 Å². The van der Waals surface area contributed by atoms with E-state index in [0.29, 0.717) is 11.4 Å². The van der Waals surface area contributed by atoms with Crippen molar-refractivity contribution in [3.8, 4) is 0 Å². The van der Waals surface area contributed by atoms with Gasteiger partial charge in [0.05, 0.1) is 5.69 Å². The summed E-state index contributed by atoms with van der Waals surface area (Å²) in [5, 5.41) is 15.5. The number of aryl methyl sites for hydroxylation is 2. The molecule has 0 spiro atoms. The summed E-state index contributed by atoms with van der Waals surface area (Å²) < 4.78 is 1.43. The number of nitrogens with zero attached hydrogens (tertiary/aromatic N) is 2. The Kier molecular flexibility index (Phi) is 3.88. The normalized spacial score (nSPS) is 12.5. The standard InChI is InChI=1S/C11H17N3O3/c1-6(2)9(11(16)17)12-10(15)8-5-7(3)13-14(8)4/h5-6,9H,1-4H3,(H,12,15)(H,16,17)/t9-/m0/s1. The van der Waals surface area contributed by atoms with Gasteiger partial charge in [0.1, 0.15) is 11.7 Å². The maximum atomic E-state index is 11.9. The first kappa shape index (κ1) is 13.2. The molecule has 1 rings (SSSR count). The van der Waals surface area contributed by atoms with Crippen molar-refractivity contribution in [2.75, 3.05) is 0 Å². The monoisotopic (exact) mass is 239 g/mol. The molecule has 0 fully saturated rings. The smallest absolute Gasteiger partial charge is 0.326 e. The van der Waals surface area contributed by atoms with E-state index in [4.69, 9.17) is 5.11 Å². The van der Waals surface area contributed by atoms with Gasteiger partial charge < -0.3 is 10.4 Å². The lowest BCUT2D eigenvalue weighted by atomic mass is 10.0. The van der Waals surface area contributed by atoms with Crippen LogP contribution in [0.4, 0.5) is 0 Å². The Hall–Kier alpha value is -1.85. The zero-order chi connectivity index (χ0) is 13.2. The molecule has 1 aromatic rings. The van der Waals surface area contributed by atoms with Crippen LogP contribution in [0, 0.1) is 12.8 Å². The van der Waals surface area contributed by atoms with E-state index in [-0.39, 0.29) is 5.92 Å². The molecule has 17 heavy (non-hydrogen) atoms. The second-order valence-electron chi connectivity index (χ2n) is 4.33. The fourth-order valence-electron chi connectivity index (χ4n) is 1.55. The minimum absolute atomic E-state index is 0.175. The van der Waals surface area contributed by atoms with Gasteiger partial charge in [-0.1, -0.05) is 13.8 Å². The molecule has 1 aromatic heterocycles. The molecule has 1 atom stereocenters. The summed E-state index contributed by atoms with van der Waals surface area (Å²) >= 11 is 0. The fourth-order valence-corrected chi connectivity index (χ4v) is 1.55. The highest BCUT2D eigenvalue weighted by Crippen LogP contribution is 2.06. The van der Waals surface area contributed by atoms with Gasteiger partial charge >= 0.3 is 5.97 Å². The van der Waals surface area contributed by atoms with Crippen LogP contribution in [0.5, 0.6) is 0 Å². The Labute approximate surface area is 99.6 Å². The molecule has 0 aliphatic carbocycles. The molecule has 0 saturated carbocycles. The average molecular weight is 239 g/mol. The van der Waals surface area contributed by atoms with Crippen molar-refractivity contribution in [2.45, 2.75) is 26.8 Å². The van der Waals surface area contributed by atoms with E-state index in [2.05, 4.69) is 10.4 Å². The molecule has 6 heteroatoms. The number of carbonyl (C=O) groups is 2. The maximum absolute atomic E-state index is 11.9. The highest BCUT2D eigenvalue weighted by Gasteiger charge is 2.25. The lowest BCUT2D eigenvalue weighted by Crippen LogP contribution is -2.44. The van der Waals surface area contributed by atoms with Gasteiger partial charge in [-0.3, -0.25) is 9.48 Å². The van der Waals surface area contributed by atoms with Crippen LogP contribution in [-0.4, -0.2) is 32.8 Å². The van der Waals surface area contributed by atoms with Crippen LogP contribution >= 0.6 is 0 Å². The lowest BCUT2D eigenvalue weighted by molar-refractivity contribution is -0.140. The summed E-state index contributed by atoms with van der Waals surface area (Å²) in [6.07, 6.45) is 0. The number of aromatic nitrogens is 2. The van der Waals surface area contributed by atoms with Gasteiger partial charge in [0.15, 0.2) is 0 Å². The van der Waals surface area contributed by atoms with Crippen LogP contribution in [0.1, 0.15) is 30.0 Å². The molecule has 0 aromatic carbocycles. The van der Waals surface area contributed by atoms with Crippen molar-refractivity contribution in [1.29, 1.82) is 0 Å². The van der Waals surface area contributed by atoms with Crippen molar-refractivity contribution >= 4 is 11.9 Å². The van der Waals surface area contributed by atoms with Gasteiger partial charge in [0.25, 0.3) is 5.91 Å². The molecule has 0 aliphatic heterocycles. The van der Waals surface area contributed by atoms with E-state index in [1.165, 1.54) is 4.68 Å². The molecule has 0 saturated heterocycles. The van der Waals surface area contributed by atoms with Crippen LogP contribution < -0.4 is 5.32 Å². The SMILES string of the molecule is Cc1cc(C(=O)N[C@H](C(=O)O)C(C)C)n(C)n1. The van der Waals surface area contributed by atoms with Gasteiger partial charge in [-0.05, 0) is 18.9 Å². The third-order valence-electron chi connectivity index (χ3n) is 2.45. The van der Waals surface area contributed by atoms with Crippen LogP contribution in [0.2, 0.25) is 0 Å². The zero-order valence-electron chi connectivity index (χ0n) is 10.4. The zero-order valence-corrected chi connectivity index (χ0v) is 10.4. The largest absolute Gasteiger partial charge is 0.480 e. The van der Waals surface area contributed by atoms with E-state index in [0.717, 1.165) is 0 Å². The third kappa shape index (κ3) is 3.05. The van der Waals surface area contributed by atoms with Gasteiger partial charge in [-0.15, -0.1) is 0 Å². The summed E-state index contributed by atoms with van der Waals surface area (Å²) in [5.74, 6) is -1.63. The molecule has 1 amide bonds. The molecule has 6 nitrogen and oxygen atoms in total. The van der Waals surface area contributed by atoms with Crippen LogP contribution in [0.25, 0.3) is 0 Å². The Bertz CT molecular complexity index is 437. The first-order valence-electron chi connectivity index (χ1n) is 5.37.